The molecule has 2 atom stereocenters. The molecule has 0 aromatic heterocycles. The van der Waals surface area contributed by atoms with E-state index in [0.717, 1.165) is 18.8 Å². The molecular formula is C15H19N3O. The molecule has 1 N–H and O–H groups in total. The lowest BCUT2D eigenvalue weighted by molar-refractivity contribution is -0.122. The highest BCUT2D eigenvalue weighted by Crippen LogP contribution is 2.23. The summed E-state index contributed by atoms with van der Waals surface area (Å²) in [6.45, 7) is 4.17. The summed E-state index contributed by atoms with van der Waals surface area (Å²) in [4.78, 5) is 14.4. The highest BCUT2D eigenvalue weighted by Gasteiger charge is 2.33. The zero-order chi connectivity index (χ0) is 13.7. The SMILES string of the molecule is C[C@@H]1CNC[C@H]1C(=O)N(CCC#N)c1ccccc1. The first-order valence-electron chi connectivity index (χ1n) is 6.68. The summed E-state index contributed by atoms with van der Waals surface area (Å²) >= 11 is 0. The Hall–Kier alpha value is -1.86. The maximum absolute atomic E-state index is 12.6. The van der Waals surface area contributed by atoms with Crippen molar-refractivity contribution in [2.75, 3.05) is 24.5 Å². The fourth-order valence-corrected chi connectivity index (χ4v) is 2.48. The second-order valence-electron chi connectivity index (χ2n) is 4.98. The standard InChI is InChI=1S/C15H19N3O/c1-12-10-17-11-14(12)15(19)18(9-5-8-16)13-6-3-2-4-7-13/h2-4,6-7,12,14,17H,5,9-11H2,1H3/t12-,14-/m1/s1. The van der Waals surface area contributed by atoms with Gasteiger partial charge in [-0.1, -0.05) is 25.1 Å². The third kappa shape index (κ3) is 3.12. The van der Waals surface area contributed by atoms with Crippen molar-refractivity contribution in [3.63, 3.8) is 0 Å². The highest BCUT2D eigenvalue weighted by molar-refractivity contribution is 5.95. The number of carbonyl (C=O) groups excluding carboxylic acids is 1. The van der Waals surface area contributed by atoms with Crippen LogP contribution in [-0.2, 0) is 4.79 Å². The smallest absolute Gasteiger partial charge is 0.231 e. The normalized spacial score (nSPS) is 21.9. The quantitative estimate of drug-likeness (QED) is 0.894. The first-order valence-corrected chi connectivity index (χ1v) is 6.68. The largest absolute Gasteiger partial charge is 0.316 e. The van der Waals surface area contributed by atoms with Crippen LogP contribution in [0.3, 0.4) is 0 Å². The number of carbonyl (C=O) groups is 1. The van der Waals surface area contributed by atoms with Crippen molar-refractivity contribution >= 4 is 11.6 Å². The zero-order valence-corrected chi connectivity index (χ0v) is 11.2. The topological polar surface area (TPSA) is 56.1 Å². The van der Waals surface area contributed by atoms with E-state index in [1.54, 1.807) is 4.90 Å². The number of anilines is 1. The number of rotatable bonds is 4. The number of amides is 1. The number of nitrogens with one attached hydrogen (secondary N) is 1. The number of benzene rings is 1. The molecule has 0 radical (unpaired) electrons. The lowest BCUT2D eigenvalue weighted by Crippen LogP contribution is -2.39. The number of hydrogen-bond acceptors (Lipinski definition) is 3. The van der Waals surface area contributed by atoms with Gasteiger partial charge < -0.3 is 10.2 Å². The Morgan fingerprint density at radius 2 is 2.16 bits per heavy atom. The van der Waals surface area contributed by atoms with E-state index in [1.165, 1.54) is 0 Å². The van der Waals surface area contributed by atoms with Crippen molar-refractivity contribution in [3.05, 3.63) is 30.3 Å². The second-order valence-corrected chi connectivity index (χ2v) is 4.98. The minimum atomic E-state index is 0.0129. The first kappa shape index (κ1) is 13.6. The maximum Gasteiger partial charge on any atom is 0.231 e. The Morgan fingerprint density at radius 1 is 1.42 bits per heavy atom. The molecule has 1 aliphatic rings. The van der Waals surface area contributed by atoms with Gasteiger partial charge in [0.15, 0.2) is 0 Å². The summed E-state index contributed by atoms with van der Waals surface area (Å²) in [5.74, 6) is 0.485. The zero-order valence-electron chi connectivity index (χ0n) is 11.2. The third-order valence-electron chi connectivity index (χ3n) is 3.62. The Bertz CT molecular complexity index is 466. The molecule has 0 saturated carbocycles. The van der Waals surface area contributed by atoms with Crippen molar-refractivity contribution in [1.82, 2.24) is 5.32 Å². The number of para-hydroxylation sites is 1. The molecule has 0 bridgehead atoms. The van der Waals surface area contributed by atoms with Gasteiger partial charge in [-0.25, -0.2) is 0 Å². The molecule has 0 unspecified atom stereocenters. The molecule has 1 heterocycles. The summed E-state index contributed by atoms with van der Waals surface area (Å²) in [5.41, 5.74) is 0.877. The Kier molecular flexibility index (Phi) is 4.53. The summed E-state index contributed by atoms with van der Waals surface area (Å²) in [6.07, 6.45) is 0.356. The van der Waals surface area contributed by atoms with Gasteiger partial charge in [-0.3, -0.25) is 4.79 Å². The van der Waals surface area contributed by atoms with Gasteiger partial charge in [0.2, 0.25) is 5.91 Å². The number of nitrogens with zero attached hydrogens (tertiary/aromatic N) is 2. The van der Waals surface area contributed by atoms with Gasteiger partial charge >= 0.3 is 0 Å². The molecule has 1 fully saturated rings. The fraction of sp³-hybridized carbons (Fsp3) is 0.467. The number of hydrogen-bond donors (Lipinski definition) is 1. The van der Waals surface area contributed by atoms with E-state index in [0.29, 0.717) is 18.9 Å². The Balaban J connectivity index is 2.18. The van der Waals surface area contributed by atoms with Gasteiger partial charge in [-0.2, -0.15) is 5.26 Å². The van der Waals surface area contributed by atoms with E-state index in [2.05, 4.69) is 18.3 Å². The van der Waals surface area contributed by atoms with E-state index in [-0.39, 0.29) is 11.8 Å². The summed E-state index contributed by atoms with van der Waals surface area (Å²) in [7, 11) is 0. The molecule has 1 aliphatic heterocycles. The van der Waals surface area contributed by atoms with Crippen LogP contribution >= 0.6 is 0 Å². The summed E-state index contributed by atoms with van der Waals surface area (Å²) < 4.78 is 0. The van der Waals surface area contributed by atoms with Crippen LogP contribution in [0.25, 0.3) is 0 Å². The Labute approximate surface area is 114 Å². The van der Waals surface area contributed by atoms with E-state index >= 15 is 0 Å². The fourth-order valence-electron chi connectivity index (χ4n) is 2.48. The Morgan fingerprint density at radius 3 is 2.74 bits per heavy atom. The van der Waals surface area contributed by atoms with Crippen LogP contribution in [0.1, 0.15) is 13.3 Å². The minimum absolute atomic E-state index is 0.0129. The van der Waals surface area contributed by atoms with E-state index < -0.39 is 0 Å². The van der Waals surface area contributed by atoms with Gasteiger partial charge in [0.1, 0.15) is 0 Å². The predicted molar refractivity (Wildman–Crippen MR) is 74.5 cm³/mol. The molecule has 4 nitrogen and oxygen atoms in total. The van der Waals surface area contributed by atoms with Crippen molar-refractivity contribution in [2.45, 2.75) is 13.3 Å². The van der Waals surface area contributed by atoms with Crippen LogP contribution in [0.15, 0.2) is 30.3 Å². The minimum Gasteiger partial charge on any atom is -0.316 e. The monoisotopic (exact) mass is 257 g/mol. The van der Waals surface area contributed by atoms with Crippen molar-refractivity contribution in [2.24, 2.45) is 11.8 Å². The maximum atomic E-state index is 12.6. The van der Waals surface area contributed by atoms with Crippen LogP contribution in [0.4, 0.5) is 5.69 Å². The first-order chi connectivity index (χ1) is 9.24. The average Bonchev–Trinajstić information content (AvgIpc) is 2.86. The van der Waals surface area contributed by atoms with Crippen molar-refractivity contribution in [3.8, 4) is 6.07 Å². The average molecular weight is 257 g/mol. The molecule has 0 aliphatic carbocycles. The van der Waals surface area contributed by atoms with Crippen LogP contribution in [0.5, 0.6) is 0 Å². The van der Waals surface area contributed by atoms with Crippen LogP contribution < -0.4 is 10.2 Å². The lowest BCUT2D eigenvalue weighted by atomic mass is 9.96. The van der Waals surface area contributed by atoms with Gasteiger partial charge in [0, 0.05) is 18.8 Å². The van der Waals surface area contributed by atoms with Crippen molar-refractivity contribution < 1.29 is 4.79 Å². The molecule has 2 rings (SSSR count). The molecule has 1 saturated heterocycles. The van der Waals surface area contributed by atoms with Gasteiger partial charge in [0.05, 0.1) is 18.4 Å². The van der Waals surface area contributed by atoms with Gasteiger partial charge in [-0.05, 0) is 24.6 Å². The molecule has 1 aromatic carbocycles. The molecular weight excluding hydrogens is 238 g/mol. The van der Waals surface area contributed by atoms with Crippen LogP contribution in [-0.4, -0.2) is 25.5 Å². The van der Waals surface area contributed by atoms with E-state index in [1.807, 2.05) is 30.3 Å². The molecule has 100 valence electrons. The second kappa shape index (κ2) is 6.35. The lowest BCUT2D eigenvalue weighted by Gasteiger charge is -2.26. The third-order valence-corrected chi connectivity index (χ3v) is 3.62. The van der Waals surface area contributed by atoms with E-state index in [4.69, 9.17) is 5.26 Å². The summed E-state index contributed by atoms with van der Waals surface area (Å²) in [5, 5.41) is 12.0. The molecule has 4 heteroatoms. The van der Waals surface area contributed by atoms with E-state index in [9.17, 15) is 4.79 Å². The molecule has 1 amide bonds. The molecule has 19 heavy (non-hydrogen) atoms. The van der Waals surface area contributed by atoms with Gasteiger partial charge in [0.25, 0.3) is 0 Å². The van der Waals surface area contributed by atoms with Gasteiger partial charge in [-0.15, -0.1) is 0 Å². The number of nitriles is 1. The van der Waals surface area contributed by atoms with Crippen molar-refractivity contribution in [1.29, 1.82) is 5.26 Å². The molecule has 1 aromatic rings. The summed E-state index contributed by atoms with van der Waals surface area (Å²) in [6, 6.07) is 11.7. The predicted octanol–water partition coefficient (Wildman–Crippen LogP) is 1.79. The van der Waals surface area contributed by atoms with Crippen LogP contribution in [0, 0.1) is 23.2 Å². The molecule has 0 spiro atoms. The van der Waals surface area contributed by atoms with Crippen LogP contribution in [0.2, 0.25) is 0 Å². The highest BCUT2D eigenvalue weighted by atomic mass is 16.2.